The first kappa shape index (κ1) is 15.0. The zero-order chi connectivity index (χ0) is 13.4. The summed E-state index contributed by atoms with van der Waals surface area (Å²) in [4.78, 5) is 0. The number of hydrogen-bond acceptors (Lipinski definition) is 1. The molecular formula is C17H26O. The molecule has 0 radical (unpaired) electrons. The Hall–Kier alpha value is -1.08. The normalized spacial score (nSPS) is 14.2. The molecule has 1 aromatic rings. The van der Waals surface area contributed by atoms with Crippen LogP contribution >= 0.6 is 0 Å². The topological polar surface area (TPSA) is 9.23 Å². The summed E-state index contributed by atoms with van der Waals surface area (Å²) in [5.41, 5.74) is 2.53. The first-order valence-electron chi connectivity index (χ1n) is 6.84. The maximum absolute atomic E-state index is 5.76. The summed E-state index contributed by atoms with van der Waals surface area (Å²) in [6.07, 6.45) is 2.34. The number of benzene rings is 1. The third kappa shape index (κ3) is 6.61. The van der Waals surface area contributed by atoms with E-state index in [2.05, 4.69) is 51.6 Å². The minimum atomic E-state index is 0.614. The van der Waals surface area contributed by atoms with E-state index in [-0.39, 0.29) is 0 Å². The van der Waals surface area contributed by atoms with Crippen LogP contribution in [0.4, 0.5) is 0 Å². The standard InChI is InChI=1S/C17H26O/c1-14(2)10-15(3)11-16(4)12-18-13-17-8-6-5-7-9-17/h5-9,15-16H,1,10-13H2,2-4H3/t15-,16+/m1/s1. The van der Waals surface area contributed by atoms with E-state index in [1.54, 1.807) is 0 Å². The fourth-order valence-corrected chi connectivity index (χ4v) is 2.39. The molecule has 0 saturated heterocycles. The molecule has 0 saturated carbocycles. The zero-order valence-corrected chi connectivity index (χ0v) is 12.0. The van der Waals surface area contributed by atoms with Crippen LogP contribution in [0.5, 0.6) is 0 Å². The Labute approximate surface area is 112 Å². The lowest BCUT2D eigenvalue weighted by Crippen LogP contribution is -2.10. The van der Waals surface area contributed by atoms with Gasteiger partial charge < -0.3 is 4.74 Å². The van der Waals surface area contributed by atoms with Crippen molar-refractivity contribution in [2.75, 3.05) is 6.61 Å². The van der Waals surface area contributed by atoms with Crippen LogP contribution in [0, 0.1) is 11.8 Å². The van der Waals surface area contributed by atoms with Crippen LogP contribution in [0.2, 0.25) is 0 Å². The molecule has 0 heterocycles. The van der Waals surface area contributed by atoms with Gasteiger partial charge in [0.2, 0.25) is 0 Å². The minimum absolute atomic E-state index is 0.614. The molecule has 2 atom stereocenters. The van der Waals surface area contributed by atoms with Crippen molar-refractivity contribution in [3.8, 4) is 0 Å². The smallest absolute Gasteiger partial charge is 0.0717 e. The fourth-order valence-electron chi connectivity index (χ4n) is 2.39. The van der Waals surface area contributed by atoms with Gasteiger partial charge in [0.05, 0.1) is 6.61 Å². The van der Waals surface area contributed by atoms with Gasteiger partial charge in [-0.1, -0.05) is 49.8 Å². The van der Waals surface area contributed by atoms with Crippen LogP contribution in [-0.4, -0.2) is 6.61 Å². The van der Waals surface area contributed by atoms with E-state index < -0.39 is 0 Å². The number of ether oxygens (including phenoxy) is 1. The molecule has 1 nitrogen and oxygen atoms in total. The molecule has 0 aliphatic carbocycles. The van der Waals surface area contributed by atoms with Crippen LogP contribution in [0.3, 0.4) is 0 Å². The molecule has 1 heteroatoms. The lowest BCUT2D eigenvalue weighted by atomic mass is 9.93. The van der Waals surface area contributed by atoms with E-state index >= 15 is 0 Å². The highest BCUT2D eigenvalue weighted by Crippen LogP contribution is 2.19. The van der Waals surface area contributed by atoms with E-state index in [1.807, 2.05) is 6.07 Å². The average Bonchev–Trinajstić information content (AvgIpc) is 2.29. The summed E-state index contributed by atoms with van der Waals surface area (Å²) in [7, 11) is 0. The number of hydrogen-bond donors (Lipinski definition) is 0. The van der Waals surface area contributed by atoms with Gasteiger partial charge in [-0.2, -0.15) is 0 Å². The summed E-state index contributed by atoms with van der Waals surface area (Å²) >= 11 is 0. The molecule has 1 aromatic carbocycles. The Kier molecular flexibility index (Phi) is 6.74. The van der Waals surface area contributed by atoms with E-state index in [0.717, 1.165) is 19.6 Å². The van der Waals surface area contributed by atoms with Crippen LogP contribution in [0.25, 0.3) is 0 Å². The summed E-state index contributed by atoms with van der Waals surface area (Å²) in [5.74, 6) is 1.32. The fraction of sp³-hybridized carbons (Fsp3) is 0.529. The predicted octanol–water partition coefficient (Wildman–Crippen LogP) is 4.83. The maximum Gasteiger partial charge on any atom is 0.0717 e. The van der Waals surface area contributed by atoms with Gasteiger partial charge in [0.15, 0.2) is 0 Å². The Morgan fingerprint density at radius 3 is 2.44 bits per heavy atom. The van der Waals surface area contributed by atoms with Crippen molar-refractivity contribution in [3.05, 3.63) is 48.0 Å². The molecule has 100 valence electrons. The summed E-state index contributed by atoms with van der Waals surface area (Å²) < 4.78 is 5.76. The Morgan fingerprint density at radius 1 is 1.17 bits per heavy atom. The molecule has 0 bridgehead atoms. The molecule has 0 fully saturated rings. The number of rotatable bonds is 8. The summed E-state index contributed by atoms with van der Waals surface area (Å²) in [6, 6.07) is 10.3. The molecular weight excluding hydrogens is 220 g/mol. The van der Waals surface area contributed by atoms with Gasteiger partial charge in [0, 0.05) is 6.61 Å². The average molecular weight is 246 g/mol. The van der Waals surface area contributed by atoms with Gasteiger partial charge in [-0.25, -0.2) is 0 Å². The van der Waals surface area contributed by atoms with Gasteiger partial charge in [0.1, 0.15) is 0 Å². The molecule has 0 aromatic heterocycles. The Morgan fingerprint density at radius 2 is 1.83 bits per heavy atom. The minimum Gasteiger partial charge on any atom is -0.376 e. The molecule has 0 unspecified atom stereocenters. The Bertz CT molecular complexity index is 342. The largest absolute Gasteiger partial charge is 0.376 e. The third-order valence-corrected chi connectivity index (χ3v) is 3.02. The summed E-state index contributed by atoms with van der Waals surface area (Å²) in [6.45, 7) is 12.2. The lowest BCUT2D eigenvalue weighted by molar-refractivity contribution is 0.0848. The molecule has 0 aliphatic rings. The van der Waals surface area contributed by atoms with Gasteiger partial charge in [-0.3, -0.25) is 0 Å². The van der Waals surface area contributed by atoms with E-state index in [9.17, 15) is 0 Å². The SMILES string of the molecule is C=C(C)C[C@@H](C)C[C@H](C)COCc1ccccc1. The maximum atomic E-state index is 5.76. The highest BCUT2D eigenvalue weighted by molar-refractivity contribution is 5.13. The van der Waals surface area contributed by atoms with Crippen LogP contribution < -0.4 is 0 Å². The summed E-state index contributed by atoms with van der Waals surface area (Å²) in [5, 5.41) is 0. The lowest BCUT2D eigenvalue weighted by Gasteiger charge is -2.17. The molecule has 18 heavy (non-hydrogen) atoms. The van der Waals surface area contributed by atoms with E-state index in [1.165, 1.54) is 17.6 Å². The van der Waals surface area contributed by atoms with E-state index in [4.69, 9.17) is 4.74 Å². The van der Waals surface area contributed by atoms with Crippen molar-refractivity contribution in [1.29, 1.82) is 0 Å². The van der Waals surface area contributed by atoms with Crippen LogP contribution in [0.1, 0.15) is 39.2 Å². The highest BCUT2D eigenvalue weighted by Gasteiger charge is 2.09. The molecule has 0 amide bonds. The van der Waals surface area contributed by atoms with Gasteiger partial charge in [-0.05, 0) is 37.2 Å². The second-order valence-electron chi connectivity index (χ2n) is 5.61. The monoisotopic (exact) mass is 246 g/mol. The van der Waals surface area contributed by atoms with Crippen molar-refractivity contribution in [1.82, 2.24) is 0 Å². The second kappa shape index (κ2) is 8.10. The number of allylic oxidation sites excluding steroid dienone is 1. The van der Waals surface area contributed by atoms with Gasteiger partial charge in [0.25, 0.3) is 0 Å². The zero-order valence-electron chi connectivity index (χ0n) is 12.0. The van der Waals surface area contributed by atoms with Crippen molar-refractivity contribution in [3.63, 3.8) is 0 Å². The van der Waals surface area contributed by atoms with Crippen molar-refractivity contribution in [2.24, 2.45) is 11.8 Å². The highest BCUT2D eigenvalue weighted by atomic mass is 16.5. The van der Waals surface area contributed by atoms with E-state index in [0.29, 0.717) is 11.8 Å². The second-order valence-corrected chi connectivity index (χ2v) is 5.61. The van der Waals surface area contributed by atoms with Crippen molar-refractivity contribution >= 4 is 0 Å². The molecule has 1 rings (SSSR count). The van der Waals surface area contributed by atoms with Crippen molar-refractivity contribution < 1.29 is 4.74 Å². The quantitative estimate of drug-likeness (QED) is 0.597. The van der Waals surface area contributed by atoms with Crippen molar-refractivity contribution in [2.45, 2.75) is 40.2 Å². The molecule has 0 spiro atoms. The van der Waals surface area contributed by atoms with Gasteiger partial charge >= 0.3 is 0 Å². The molecule has 0 aliphatic heterocycles. The Balaban J connectivity index is 2.17. The van der Waals surface area contributed by atoms with Gasteiger partial charge in [-0.15, -0.1) is 6.58 Å². The van der Waals surface area contributed by atoms with Crippen LogP contribution in [-0.2, 0) is 11.3 Å². The first-order valence-corrected chi connectivity index (χ1v) is 6.84. The first-order chi connectivity index (χ1) is 8.58. The molecule has 0 N–H and O–H groups in total. The van der Waals surface area contributed by atoms with Crippen LogP contribution in [0.15, 0.2) is 42.5 Å². The predicted molar refractivity (Wildman–Crippen MR) is 78.5 cm³/mol. The third-order valence-electron chi connectivity index (χ3n) is 3.02.